The molecule has 0 bridgehead atoms. The number of aromatic nitrogens is 5. The Balaban J connectivity index is 0.000000122. The summed E-state index contributed by atoms with van der Waals surface area (Å²) >= 11 is 4.08. The second-order valence-electron chi connectivity index (χ2n) is 5.07. The average Bonchev–Trinajstić information content (AvgIpc) is 3.20. The summed E-state index contributed by atoms with van der Waals surface area (Å²) in [5.41, 5.74) is 3.93. The Morgan fingerprint density at radius 2 is 1.65 bits per heavy atom. The van der Waals surface area contributed by atoms with Gasteiger partial charge in [-0.15, -0.1) is 17.7 Å². The molecule has 3 aromatic carbocycles. The first-order valence-electron chi connectivity index (χ1n) is 7.13. The average molecular weight is 319 g/mol. The lowest BCUT2D eigenvalue weighted by atomic mass is 10.1. The fourth-order valence-electron chi connectivity index (χ4n) is 2.53. The third-order valence-corrected chi connectivity index (χ3v) is 3.82. The van der Waals surface area contributed by atoms with Crippen molar-refractivity contribution in [1.29, 1.82) is 0 Å². The van der Waals surface area contributed by atoms with Gasteiger partial charge in [0.15, 0.2) is 5.16 Å². The van der Waals surface area contributed by atoms with Crippen LogP contribution in [0.1, 0.15) is 0 Å². The highest BCUT2D eigenvalue weighted by Crippen LogP contribution is 2.21. The lowest BCUT2D eigenvalue weighted by molar-refractivity contribution is 0.960. The van der Waals surface area contributed by atoms with Gasteiger partial charge in [-0.05, 0) is 23.6 Å². The molecule has 0 spiro atoms. The highest BCUT2D eigenvalue weighted by atomic mass is 32.1. The molecular formula is C17H13N5S. The van der Waals surface area contributed by atoms with Gasteiger partial charge >= 0.3 is 0 Å². The zero-order valence-corrected chi connectivity index (χ0v) is 13.0. The molecule has 6 heteroatoms. The summed E-state index contributed by atoms with van der Waals surface area (Å²) in [5.74, 6) is 0. The second-order valence-corrected chi connectivity index (χ2v) is 5.49. The van der Waals surface area contributed by atoms with Crippen LogP contribution in [0.2, 0.25) is 0 Å². The number of thiol groups is 1. The summed E-state index contributed by atoms with van der Waals surface area (Å²) in [6.45, 7) is 0. The van der Waals surface area contributed by atoms with Crippen LogP contribution in [0.5, 0.6) is 0 Å². The molecule has 5 aromatic rings. The van der Waals surface area contributed by atoms with Crippen molar-refractivity contribution in [2.75, 3.05) is 0 Å². The van der Waals surface area contributed by atoms with E-state index in [2.05, 4.69) is 56.2 Å². The van der Waals surface area contributed by atoms with Gasteiger partial charge in [-0.1, -0.05) is 47.7 Å². The number of benzene rings is 3. The van der Waals surface area contributed by atoms with Gasteiger partial charge in [0.05, 0.1) is 16.6 Å². The van der Waals surface area contributed by atoms with Crippen LogP contribution in [0.25, 0.3) is 32.8 Å². The largest absolute Gasteiger partial charge is 0.333 e. The van der Waals surface area contributed by atoms with Crippen molar-refractivity contribution < 1.29 is 0 Å². The quantitative estimate of drug-likeness (QED) is 0.378. The van der Waals surface area contributed by atoms with Crippen LogP contribution < -0.4 is 0 Å². The maximum absolute atomic E-state index is 4.12. The first-order valence-corrected chi connectivity index (χ1v) is 7.58. The van der Waals surface area contributed by atoms with Crippen LogP contribution in [0.4, 0.5) is 0 Å². The summed E-state index contributed by atoms with van der Waals surface area (Å²) in [4.78, 5) is 7.13. The van der Waals surface area contributed by atoms with E-state index in [1.54, 1.807) is 0 Å². The fourth-order valence-corrected chi connectivity index (χ4v) is 2.76. The molecule has 0 fully saturated rings. The van der Waals surface area contributed by atoms with Crippen molar-refractivity contribution in [3.8, 4) is 0 Å². The monoisotopic (exact) mass is 319 g/mol. The molecule has 0 amide bonds. The number of nitrogens with one attached hydrogen (secondary N) is 2. The van der Waals surface area contributed by atoms with Crippen LogP contribution in [-0.2, 0) is 0 Å². The molecule has 5 nitrogen and oxygen atoms in total. The molecule has 2 N–H and O–H groups in total. The molecule has 0 saturated carbocycles. The molecule has 112 valence electrons. The normalized spacial score (nSPS) is 10.8. The van der Waals surface area contributed by atoms with Crippen molar-refractivity contribution in [1.82, 2.24) is 25.4 Å². The molecule has 0 radical (unpaired) electrons. The summed E-state index contributed by atoms with van der Waals surface area (Å²) in [5, 5.41) is 13.7. The fraction of sp³-hybridized carbons (Fsp3) is 0. The van der Waals surface area contributed by atoms with E-state index in [0.717, 1.165) is 22.1 Å². The van der Waals surface area contributed by atoms with Crippen LogP contribution >= 0.6 is 12.6 Å². The molecule has 5 rings (SSSR count). The predicted octanol–water partition coefficient (Wildman–Crippen LogP) is 3.96. The van der Waals surface area contributed by atoms with Crippen LogP contribution in [0.3, 0.4) is 0 Å². The number of aromatic amines is 2. The lowest BCUT2D eigenvalue weighted by Crippen LogP contribution is -1.74. The summed E-state index contributed by atoms with van der Waals surface area (Å²) in [6, 6.07) is 20.1. The minimum atomic E-state index is 0.668. The number of para-hydroxylation sites is 2. The third-order valence-electron chi connectivity index (χ3n) is 3.60. The lowest BCUT2D eigenvalue weighted by Gasteiger charge is -1.95. The topological polar surface area (TPSA) is 70.2 Å². The molecule has 0 aliphatic carbocycles. The Kier molecular flexibility index (Phi) is 3.44. The first-order chi connectivity index (χ1) is 11.3. The standard InChI is InChI=1S/C10H7N3.C7H6N2S/c1-2-4-8-7(3-1)5-6-9-10(8)12-13-11-9;10-7-8-5-3-1-2-4-6(5)9-7/h1-6H,(H,11,12,13);1-4H,(H2,8,9,10). The number of hydrogen-bond donors (Lipinski definition) is 3. The minimum absolute atomic E-state index is 0.668. The van der Waals surface area contributed by atoms with Crippen molar-refractivity contribution in [2.45, 2.75) is 5.16 Å². The SMILES string of the molecule is Sc1nc2ccccc2[nH]1.c1ccc2c(c1)ccc1nn[nH]c12. The zero-order valence-electron chi connectivity index (χ0n) is 12.1. The number of fused-ring (bicyclic) bond motifs is 4. The zero-order chi connectivity index (χ0) is 15.6. The van der Waals surface area contributed by atoms with E-state index in [1.165, 1.54) is 10.8 Å². The second kappa shape index (κ2) is 5.73. The van der Waals surface area contributed by atoms with E-state index in [1.807, 2.05) is 42.5 Å². The van der Waals surface area contributed by atoms with Gasteiger partial charge in [-0.25, -0.2) is 4.98 Å². The molecule has 0 saturated heterocycles. The van der Waals surface area contributed by atoms with Gasteiger partial charge in [0.1, 0.15) is 5.52 Å². The Hall–Kier alpha value is -2.86. The number of H-pyrrole nitrogens is 2. The van der Waals surface area contributed by atoms with Crippen LogP contribution in [0.15, 0.2) is 65.8 Å². The predicted molar refractivity (Wildman–Crippen MR) is 94.7 cm³/mol. The summed E-state index contributed by atoms with van der Waals surface area (Å²) in [7, 11) is 0. The Morgan fingerprint density at radius 3 is 2.57 bits per heavy atom. The Labute approximate surface area is 137 Å². The minimum Gasteiger partial charge on any atom is -0.333 e. The molecule has 2 aromatic heterocycles. The number of rotatable bonds is 0. The van der Waals surface area contributed by atoms with Gasteiger partial charge in [0.2, 0.25) is 0 Å². The maximum atomic E-state index is 4.12. The van der Waals surface area contributed by atoms with Gasteiger partial charge < -0.3 is 4.98 Å². The van der Waals surface area contributed by atoms with E-state index in [0.29, 0.717) is 5.16 Å². The van der Waals surface area contributed by atoms with Gasteiger partial charge in [0, 0.05) is 5.39 Å². The van der Waals surface area contributed by atoms with Crippen molar-refractivity contribution >= 4 is 45.5 Å². The molecule has 0 aliphatic rings. The maximum Gasteiger partial charge on any atom is 0.163 e. The smallest absolute Gasteiger partial charge is 0.163 e. The van der Waals surface area contributed by atoms with E-state index < -0.39 is 0 Å². The molecular weight excluding hydrogens is 306 g/mol. The number of imidazole rings is 1. The molecule has 0 aliphatic heterocycles. The summed E-state index contributed by atoms with van der Waals surface area (Å²) in [6.07, 6.45) is 0. The first kappa shape index (κ1) is 13.8. The van der Waals surface area contributed by atoms with Gasteiger partial charge in [0.25, 0.3) is 0 Å². The van der Waals surface area contributed by atoms with E-state index in [9.17, 15) is 0 Å². The highest BCUT2D eigenvalue weighted by molar-refractivity contribution is 7.80. The Bertz CT molecular complexity index is 1060. The van der Waals surface area contributed by atoms with E-state index >= 15 is 0 Å². The van der Waals surface area contributed by atoms with Crippen LogP contribution in [-0.4, -0.2) is 25.4 Å². The molecule has 0 atom stereocenters. The van der Waals surface area contributed by atoms with Crippen molar-refractivity contribution in [2.24, 2.45) is 0 Å². The van der Waals surface area contributed by atoms with E-state index in [-0.39, 0.29) is 0 Å². The van der Waals surface area contributed by atoms with Gasteiger partial charge in [-0.3, -0.25) is 5.10 Å². The third kappa shape index (κ3) is 2.64. The van der Waals surface area contributed by atoms with Crippen LogP contribution in [0, 0.1) is 0 Å². The Morgan fingerprint density at radius 1 is 0.826 bits per heavy atom. The highest BCUT2D eigenvalue weighted by Gasteiger charge is 2.01. The molecule has 23 heavy (non-hydrogen) atoms. The van der Waals surface area contributed by atoms with Crippen molar-refractivity contribution in [3.05, 3.63) is 60.7 Å². The van der Waals surface area contributed by atoms with Crippen molar-refractivity contribution in [3.63, 3.8) is 0 Å². The van der Waals surface area contributed by atoms with Gasteiger partial charge in [-0.2, -0.15) is 0 Å². The number of nitrogens with zero attached hydrogens (tertiary/aromatic N) is 3. The molecule has 0 unspecified atom stereocenters. The van der Waals surface area contributed by atoms with E-state index in [4.69, 9.17) is 0 Å². The summed E-state index contributed by atoms with van der Waals surface area (Å²) < 4.78 is 0. The number of hydrogen-bond acceptors (Lipinski definition) is 4. The molecule has 2 heterocycles.